The number of aliphatic carboxylic acids is 1. The van der Waals surface area contributed by atoms with Crippen LogP contribution in [0.25, 0.3) is 0 Å². The zero-order chi connectivity index (χ0) is 11.6. The molecule has 0 saturated carbocycles. The van der Waals surface area contributed by atoms with Crippen LogP contribution in [0.5, 0.6) is 0 Å². The van der Waals surface area contributed by atoms with Crippen molar-refractivity contribution in [3.63, 3.8) is 0 Å². The molecule has 84 valence electrons. The number of benzene rings is 1. The van der Waals surface area contributed by atoms with Crippen molar-refractivity contribution in [2.75, 3.05) is 0 Å². The number of hydrogen-bond acceptors (Lipinski definition) is 1. The number of rotatable bonds is 2. The minimum Gasteiger partial charge on any atom is -0.478 e. The van der Waals surface area contributed by atoms with Gasteiger partial charge in [0.1, 0.15) is 0 Å². The number of carboxylic acid groups (broad SMARTS) is 1. The van der Waals surface area contributed by atoms with Crippen LogP contribution in [-0.4, -0.2) is 11.1 Å². The fourth-order valence-corrected chi connectivity index (χ4v) is 2.40. The SMILES string of the molecule is CC1(c2ccccc2)CCC=C(C(=O)O)C1. The summed E-state index contributed by atoms with van der Waals surface area (Å²) < 4.78 is 0. The molecule has 1 unspecified atom stereocenters. The summed E-state index contributed by atoms with van der Waals surface area (Å²) in [7, 11) is 0. The van der Waals surface area contributed by atoms with E-state index in [2.05, 4.69) is 19.1 Å². The number of allylic oxidation sites excluding steroid dienone is 1. The van der Waals surface area contributed by atoms with Crippen LogP contribution in [-0.2, 0) is 10.2 Å². The van der Waals surface area contributed by atoms with Crippen LogP contribution in [0.2, 0.25) is 0 Å². The van der Waals surface area contributed by atoms with Gasteiger partial charge in [-0.25, -0.2) is 4.79 Å². The van der Waals surface area contributed by atoms with E-state index in [0.717, 1.165) is 12.8 Å². The highest BCUT2D eigenvalue weighted by Crippen LogP contribution is 2.38. The molecular weight excluding hydrogens is 200 g/mol. The van der Waals surface area contributed by atoms with Crippen molar-refractivity contribution < 1.29 is 9.90 Å². The van der Waals surface area contributed by atoms with E-state index >= 15 is 0 Å². The maximum atomic E-state index is 11.0. The number of carboxylic acids is 1. The minimum atomic E-state index is -0.776. The van der Waals surface area contributed by atoms with E-state index in [0.29, 0.717) is 12.0 Å². The summed E-state index contributed by atoms with van der Waals surface area (Å²) in [4.78, 5) is 11.0. The predicted molar refractivity (Wildman–Crippen MR) is 63.4 cm³/mol. The fraction of sp³-hybridized carbons (Fsp3) is 0.357. The number of carbonyl (C=O) groups is 1. The second kappa shape index (κ2) is 4.12. The Morgan fingerprint density at radius 2 is 2.00 bits per heavy atom. The molecule has 0 radical (unpaired) electrons. The smallest absolute Gasteiger partial charge is 0.331 e. The molecule has 0 aliphatic heterocycles. The first-order valence-corrected chi connectivity index (χ1v) is 5.60. The Morgan fingerprint density at radius 3 is 2.62 bits per heavy atom. The maximum Gasteiger partial charge on any atom is 0.331 e. The molecule has 0 fully saturated rings. The third-order valence-electron chi connectivity index (χ3n) is 3.41. The minimum absolute atomic E-state index is 0.0241. The van der Waals surface area contributed by atoms with Gasteiger partial charge in [0.15, 0.2) is 0 Å². The molecule has 1 N–H and O–H groups in total. The fourth-order valence-electron chi connectivity index (χ4n) is 2.40. The van der Waals surface area contributed by atoms with Crippen molar-refractivity contribution in [2.24, 2.45) is 0 Å². The molecule has 2 nitrogen and oxygen atoms in total. The summed E-state index contributed by atoms with van der Waals surface area (Å²) in [6.07, 6.45) is 4.36. The topological polar surface area (TPSA) is 37.3 Å². The van der Waals surface area contributed by atoms with Gasteiger partial charge in [0.25, 0.3) is 0 Å². The van der Waals surface area contributed by atoms with E-state index in [4.69, 9.17) is 5.11 Å². The Hall–Kier alpha value is -1.57. The van der Waals surface area contributed by atoms with Gasteiger partial charge in [0.05, 0.1) is 0 Å². The van der Waals surface area contributed by atoms with Crippen LogP contribution in [0.4, 0.5) is 0 Å². The second-order valence-corrected chi connectivity index (χ2v) is 4.68. The normalized spacial score (nSPS) is 24.9. The Bertz CT molecular complexity index is 420. The summed E-state index contributed by atoms with van der Waals surface area (Å²) >= 11 is 0. The van der Waals surface area contributed by atoms with Gasteiger partial charge in [-0.1, -0.05) is 43.3 Å². The van der Waals surface area contributed by atoms with Crippen molar-refractivity contribution in [3.8, 4) is 0 Å². The molecule has 0 saturated heterocycles. The van der Waals surface area contributed by atoms with Gasteiger partial charge in [-0.15, -0.1) is 0 Å². The molecule has 0 spiro atoms. The van der Waals surface area contributed by atoms with E-state index in [-0.39, 0.29) is 5.41 Å². The average molecular weight is 216 g/mol. The number of hydrogen-bond donors (Lipinski definition) is 1. The van der Waals surface area contributed by atoms with Gasteiger partial charge in [-0.05, 0) is 30.2 Å². The first-order chi connectivity index (χ1) is 7.62. The van der Waals surface area contributed by atoms with Crippen LogP contribution < -0.4 is 0 Å². The lowest BCUT2D eigenvalue weighted by atomic mass is 9.71. The van der Waals surface area contributed by atoms with Crippen molar-refractivity contribution in [1.29, 1.82) is 0 Å². The van der Waals surface area contributed by atoms with Gasteiger partial charge in [-0.3, -0.25) is 0 Å². The average Bonchev–Trinajstić information content (AvgIpc) is 2.30. The molecule has 16 heavy (non-hydrogen) atoms. The van der Waals surface area contributed by atoms with E-state index in [1.54, 1.807) is 0 Å². The van der Waals surface area contributed by atoms with Gasteiger partial charge in [0, 0.05) is 5.57 Å². The molecular formula is C14H16O2. The molecule has 0 heterocycles. The summed E-state index contributed by atoms with van der Waals surface area (Å²) in [5.74, 6) is -0.776. The van der Waals surface area contributed by atoms with Gasteiger partial charge >= 0.3 is 5.97 Å². The Kier molecular flexibility index (Phi) is 2.82. The summed E-state index contributed by atoms with van der Waals surface area (Å²) in [5.41, 5.74) is 1.77. The lowest BCUT2D eigenvalue weighted by Crippen LogP contribution is -2.27. The van der Waals surface area contributed by atoms with Crippen molar-refractivity contribution >= 4 is 5.97 Å². The highest BCUT2D eigenvalue weighted by molar-refractivity contribution is 5.87. The van der Waals surface area contributed by atoms with Gasteiger partial charge < -0.3 is 5.11 Å². The summed E-state index contributed by atoms with van der Waals surface area (Å²) in [5, 5.41) is 9.05. The van der Waals surface area contributed by atoms with E-state index in [1.165, 1.54) is 5.56 Å². The van der Waals surface area contributed by atoms with E-state index in [9.17, 15) is 4.79 Å². The molecule has 0 bridgehead atoms. The van der Waals surface area contributed by atoms with Crippen molar-refractivity contribution in [3.05, 3.63) is 47.5 Å². The lowest BCUT2D eigenvalue weighted by Gasteiger charge is -2.33. The molecule has 0 aromatic heterocycles. The van der Waals surface area contributed by atoms with E-state index in [1.807, 2.05) is 24.3 Å². The molecule has 2 rings (SSSR count). The van der Waals surface area contributed by atoms with Crippen molar-refractivity contribution in [1.82, 2.24) is 0 Å². The maximum absolute atomic E-state index is 11.0. The standard InChI is InChI=1S/C14H16O2/c1-14(12-7-3-2-4-8-12)9-5-6-11(10-14)13(15)16/h2-4,6-8H,5,9-10H2,1H3,(H,15,16). The first kappa shape index (κ1) is 10.9. The van der Waals surface area contributed by atoms with Crippen LogP contribution >= 0.6 is 0 Å². The third-order valence-corrected chi connectivity index (χ3v) is 3.41. The zero-order valence-corrected chi connectivity index (χ0v) is 9.44. The Morgan fingerprint density at radius 1 is 1.31 bits per heavy atom. The summed E-state index contributed by atoms with van der Waals surface area (Å²) in [6, 6.07) is 10.2. The molecule has 2 heteroatoms. The molecule has 1 aliphatic carbocycles. The van der Waals surface area contributed by atoms with Crippen LogP contribution in [0, 0.1) is 0 Å². The highest BCUT2D eigenvalue weighted by atomic mass is 16.4. The lowest BCUT2D eigenvalue weighted by molar-refractivity contribution is -0.133. The Balaban J connectivity index is 2.28. The summed E-state index contributed by atoms with van der Waals surface area (Å²) in [6.45, 7) is 2.15. The van der Waals surface area contributed by atoms with Gasteiger partial charge in [0.2, 0.25) is 0 Å². The van der Waals surface area contributed by atoms with Crippen LogP contribution in [0.3, 0.4) is 0 Å². The second-order valence-electron chi connectivity index (χ2n) is 4.68. The van der Waals surface area contributed by atoms with Crippen LogP contribution in [0.15, 0.2) is 42.0 Å². The molecule has 1 aromatic carbocycles. The highest BCUT2D eigenvalue weighted by Gasteiger charge is 2.31. The van der Waals surface area contributed by atoms with E-state index < -0.39 is 5.97 Å². The molecule has 0 amide bonds. The zero-order valence-electron chi connectivity index (χ0n) is 9.44. The third kappa shape index (κ3) is 2.01. The molecule has 1 aromatic rings. The predicted octanol–water partition coefficient (Wildman–Crippen LogP) is 3.14. The monoisotopic (exact) mass is 216 g/mol. The first-order valence-electron chi connectivity index (χ1n) is 5.60. The van der Waals surface area contributed by atoms with Gasteiger partial charge in [-0.2, -0.15) is 0 Å². The molecule has 1 aliphatic rings. The van der Waals surface area contributed by atoms with Crippen molar-refractivity contribution in [2.45, 2.75) is 31.6 Å². The van der Waals surface area contributed by atoms with Crippen LogP contribution in [0.1, 0.15) is 31.7 Å². The largest absolute Gasteiger partial charge is 0.478 e. The quantitative estimate of drug-likeness (QED) is 0.824. The molecule has 1 atom stereocenters. The Labute approximate surface area is 95.6 Å².